The SMILES string of the molecule is Cc1cc(C)n2ncc(C(=O)Nc3ccc4nc(N5CCN(C)CC5)sc4c3)c2n1. The standard InChI is InChI=1S/C21H23N7OS/c1-13-10-14(2)28-19(23-13)16(12-22-28)20(29)24-15-4-5-17-18(11-15)30-21(25-17)27-8-6-26(3)7-9-27/h4-5,10-12H,6-9H2,1-3H3,(H,24,29). The van der Waals surface area contributed by atoms with Crippen LogP contribution < -0.4 is 10.2 Å². The number of likely N-dealkylation sites (N-methyl/N-ethyl adjacent to an activating group) is 1. The number of hydrogen-bond acceptors (Lipinski definition) is 7. The zero-order valence-electron chi connectivity index (χ0n) is 17.2. The number of anilines is 2. The summed E-state index contributed by atoms with van der Waals surface area (Å²) in [5, 5.41) is 8.34. The van der Waals surface area contributed by atoms with Gasteiger partial charge in [0.15, 0.2) is 10.8 Å². The van der Waals surface area contributed by atoms with Crippen LogP contribution in [0, 0.1) is 13.8 Å². The van der Waals surface area contributed by atoms with Gasteiger partial charge in [0.1, 0.15) is 5.56 Å². The number of amides is 1. The Bertz CT molecular complexity index is 1250. The van der Waals surface area contributed by atoms with Gasteiger partial charge < -0.3 is 15.1 Å². The summed E-state index contributed by atoms with van der Waals surface area (Å²) < 4.78 is 2.75. The third-order valence-corrected chi connectivity index (χ3v) is 6.51. The first kappa shape index (κ1) is 19.0. The highest BCUT2D eigenvalue weighted by atomic mass is 32.1. The fourth-order valence-corrected chi connectivity index (χ4v) is 4.81. The fraction of sp³-hybridized carbons (Fsp3) is 0.333. The van der Waals surface area contributed by atoms with E-state index in [4.69, 9.17) is 4.98 Å². The summed E-state index contributed by atoms with van der Waals surface area (Å²) in [7, 11) is 2.15. The zero-order chi connectivity index (χ0) is 20.8. The molecule has 1 aliphatic heterocycles. The van der Waals surface area contributed by atoms with E-state index in [9.17, 15) is 4.79 Å². The second-order valence-electron chi connectivity index (χ2n) is 7.76. The van der Waals surface area contributed by atoms with Gasteiger partial charge in [-0.15, -0.1) is 0 Å². The summed E-state index contributed by atoms with van der Waals surface area (Å²) in [4.78, 5) is 26.8. The van der Waals surface area contributed by atoms with Crippen molar-refractivity contribution in [2.75, 3.05) is 43.4 Å². The first-order chi connectivity index (χ1) is 14.5. The van der Waals surface area contributed by atoms with E-state index in [-0.39, 0.29) is 5.91 Å². The van der Waals surface area contributed by atoms with Crippen LogP contribution in [0.15, 0.2) is 30.5 Å². The minimum atomic E-state index is -0.217. The van der Waals surface area contributed by atoms with Crippen molar-refractivity contribution in [3.63, 3.8) is 0 Å². The maximum absolute atomic E-state index is 12.9. The van der Waals surface area contributed by atoms with E-state index in [0.29, 0.717) is 11.2 Å². The van der Waals surface area contributed by atoms with Crippen LogP contribution in [0.5, 0.6) is 0 Å². The number of thiazole rings is 1. The highest BCUT2D eigenvalue weighted by Gasteiger charge is 2.19. The second kappa shape index (κ2) is 7.33. The molecule has 5 rings (SSSR count). The summed E-state index contributed by atoms with van der Waals surface area (Å²) in [5.74, 6) is -0.217. The number of benzene rings is 1. The van der Waals surface area contributed by atoms with Crippen molar-refractivity contribution in [2.24, 2.45) is 0 Å². The number of rotatable bonds is 3. The number of fused-ring (bicyclic) bond motifs is 2. The monoisotopic (exact) mass is 421 g/mol. The lowest BCUT2D eigenvalue weighted by Crippen LogP contribution is -2.44. The van der Waals surface area contributed by atoms with Crippen molar-refractivity contribution < 1.29 is 4.79 Å². The quantitative estimate of drug-likeness (QED) is 0.548. The topological polar surface area (TPSA) is 78.7 Å². The van der Waals surface area contributed by atoms with E-state index in [1.807, 2.05) is 38.1 Å². The van der Waals surface area contributed by atoms with Crippen LogP contribution in [0.25, 0.3) is 15.9 Å². The molecular weight excluding hydrogens is 398 g/mol. The number of carbonyl (C=O) groups is 1. The van der Waals surface area contributed by atoms with E-state index in [1.54, 1.807) is 22.0 Å². The Morgan fingerprint density at radius 2 is 1.90 bits per heavy atom. The van der Waals surface area contributed by atoms with Gasteiger partial charge in [0.05, 0.1) is 16.4 Å². The van der Waals surface area contributed by atoms with E-state index in [0.717, 1.165) is 58.6 Å². The predicted octanol–water partition coefficient (Wildman–Crippen LogP) is 2.96. The predicted molar refractivity (Wildman–Crippen MR) is 120 cm³/mol. The Balaban J connectivity index is 1.40. The third kappa shape index (κ3) is 3.40. The average Bonchev–Trinajstić information content (AvgIpc) is 3.32. The molecule has 1 N–H and O–H groups in total. The molecule has 3 aromatic heterocycles. The molecule has 0 unspecified atom stereocenters. The number of aromatic nitrogens is 4. The van der Waals surface area contributed by atoms with Crippen molar-refractivity contribution in [1.29, 1.82) is 0 Å². The van der Waals surface area contributed by atoms with Crippen molar-refractivity contribution in [3.8, 4) is 0 Å². The van der Waals surface area contributed by atoms with Crippen LogP contribution in [-0.2, 0) is 0 Å². The lowest BCUT2D eigenvalue weighted by molar-refractivity contribution is 0.102. The number of nitrogens with one attached hydrogen (secondary N) is 1. The first-order valence-electron chi connectivity index (χ1n) is 9.95. The average molecular weight is 422 g/mol. The minimum Gasteiger partial charge on any atom is -0.345 e. The molecule has 30 heavy (non-hydrogen) atoms. The van der Waals surface area contributed by atoms with E-state index < -0.39 is 0 Å². The molecule has 9 heteroatoms. The second-order valence-corrected chi connectivity index (χ2v) is 8.77. The molecular formula is C21H23N7OS. The largest absolute Gasteiger partial charge is 0.345 e. The smallest absolute Gasteiger partial charge is 0.261 e. The third-order valence-electron chi connectivity index (χ3n) is 5.43. The molecule has 1 aliphatic rings. The number of carbonyl (C=O) groups excluding carboxylic acids is 1. The molecule has 0 atom stereocenters. The lowest BCUT2D eigenvalue weighted by atomic mass is 10.2. The molecule has 0 spiro atoms. The van der Waals surface area contributed by atoms with E-state index in [1.165, 1.54) is 0 Å². The highest BCUT2D eigenvalue weighted by Crippen LogP contribution is 2.31. The Labute approximate surface area is 178 Å². The number of aryl methyl sites for hydroxylation is 2. The summed E-state index contributed by atoms with van der Waals surface area (Å²) in [6, 6.07) is 7.78. The first-order valence-corrected chi connectivity index (χ1v) is 10.8. The summed E-state index contributed by atoms with van der Waals surface area (Å²) in [5.41, 5.74) is 4.53. The van der Waals surface area contributed by atoms with Crippen LogP contribution in [0.3, 0.4) is 0 Å². The number of hydrogen-bond donors (Lipinski definition) is 1. The molecule has 4 aromatic rings. The van der Waals surface area contributed by atoms with Gasteiger partial charge in [0, 0.05) is 43.3 Å². The minimum absolute atomic E-state index is 0.217. The zero-order valence-corrected chi connectivity index (χ0v) is 18.0. The van der Waals surface area contributed by atoms with Crippen molar-refractivity contribution >= 4 is 43.9 Å². The molecule has 1 saturated heterocycles. The molecule has 0 bridgehead atoms. The molecule has 1 amide bonds. The van der Waals surface area contributed by atoms with Crippen LogP contribution in [0.2, 0.25) is 0 Å². The number of nitrogens with zero attached hydrogens (tertiary/aromatic N) is 6. The van der Waals surface area contributed by atoms with Gasteiger partial charge in [-0.25, -0.2) is 14.5 Å². The molecule has 8 nitrogen and oxygen atoms in total. The van der Waals surface area contributed by atoms with Crippen molar-refractivity contribution in [1.82, 2.24) is 24.5 Å². The van der Waals surface area contributed by atoms with E-state index in [2.05, 4.69) is 32.2 Å². The molecule has 1 aromatic carbocycles. The Kier molecular flexibility index (Phi) is 4.63. The van der Waals surface area contributed by atoms with Gasteiger partial charge >= 0.3 is 0 Å². The van der Waals surface area contributed by atoms with Crippen LogP contribution in [0.1, 0.15) is 21.7 Å². The Morgan fingerprint density at radius 1 is 1.10 bits per heavy atom. The van der Waals surface area contributed by atoms with Gasteiger partial charge in [-0.1, -0.05) is 11.3 Å². The van der Waals surface area contributed by atoms with Gasteiger partial charge in [-0.2, -0.15) is 5.10 Å². The maximum Gasteiger partial charge on any atom is 0.261 e. The van der Waals surface area contributed by atoms with Crippen LogP contribution in [0.4, 0.5) is 10.8 Å². The Morgan fingerprint density at radius 3 is 2.70 bits per heavy atom. The Hall–Kier alpha value is -3.04. The van der Waals surface area contributed by atoms with Gasteiger partial charge in [0.2, 0.25) is 0 Å². The van der Waals surface area contributed by atoms with Crippen LogP contribution >= 0.6 is 11.3 Å². The summed E-state index contributed by atoms with van der Waals surface area (Å²) in [6.07, 6.45) is 1.57. The molecule has 0 aliphatic carbocycles. The fourth-order valence-electron chi connectivity index (χ4n) is 3.75. The highest BCUT2D eigenvalue weighted by molar-refractivity contribution is 7.22. The normalized spacial score (nSPS) is 15.2. The molecule has 0 radical (unpaired) electrons. The maximum atomic E-state index is 12.9. The lowest BCUT2D eigenvalue weighted by Gasteiger charge is -2.31. The van der Waals surface area contributed by atoms with Gasteiger partial charge in [0.25, 0.3) is 5.91 Å². The number of piperazine rings is 1. The van der Waals surface area contributed by atoms with E-state index >= 15 is 0 Å². The summed E-state index contributed by atoms with van der Waals surface area (Å²) >= 11 is 1.67. The molecule has 154 valence electrons. The molecule has 0 saturated carbocycles. The van der Waals surface area contributed by atoms with Gasteiger partial charge in [-0.05, 0) is 45.2 Å². The van der Waals surface area contributed by atoms with Gasteiger partial charge in [-0.3, -0.25) is 4.79 Å². The molecule has 4 heterocycles. The summed E-state index contributed by atoms with van der Waals surface area (Å²) in [6.45, 7) is 7.93. The van der Waals surface area contributed by atoms with Crippen molar-refractivity contribution in [3.05, 3.63) is 47.4 Å². The van der Waals surface area contributed by atoms with Crippen LogP contribution in [-0.4, -0.2) is 63.6 Å². The van der Waals surface area contributed by atoms with Crippen molar-refractivity contribution in [2.45, 2.75) is 13.8 Å². The molecule has 1 fully saturated rings.